The van der Waals surface area contributed by atoms with Crippen molar-refractivity contribution in [1.82, 2.24) is 0 Å². The average Bonchev–Trinajstić information content (AvgIpc) is 2.42. The Bertz CT molecular complexity index is 659. The van der Waals surface area contributed by atoms with Crippen molar-refractivity contribution >= 4 is 62.3 Å². The number of hydrogen-bond donors (Lipinski definition) is 1. The van der Waals surface area contributed by atoms with Gasteiger partial charge in [-0.3, -0.25) is 4.79 Å². The number of amides is 1. The number of anilines is 1. The van der Waals surface area contributed by atoms with Crippen LogP contribution in [-0.4, -0.2) is 12.5 Å². The molecule has 3 nitrogen and oxygen atoms in total. The first-order valence-electron chi connectivity index (χ1n) is 5.79. The van der Waals surface area contributed by atoms with Crippen LogP contribution in [0.2, 0.25) is 15.1 Å². The molecular weight excluding hydrogens is 400 g/mol. The third kappa shape index (κ3) is 4.51. The van der Waals surface area contributed by atoms with E-state index in [0.29, 0.717) is 31.0 Å². The standard InChI is InChI=1S/C14H9BrCl3NO2/c15-9-6-8(16)4-5-12(9)21-7-13(20)19-14-10(17)2-1-3-11(14)18/h1-6H,7H2,(H,19,20). The van der Waals surface area contributed by atoms with Crippen molar-refractivity contribution in [3.63, 3.8) is 0 Å². The molecule has 1 amide bonds. The van der Waals surface area contributed by atoms with E-state index in [1.807, 2.05) is 0 Å². The molecule has 0 aliphatic carbocycles. The van der Waals surface area contributed by atoms with E-state index < -0.39 is 0 Å². The van der Waals surface area contributed by atoms with E-state index in [2.05, 4.69) is 21.2 Å². The summed E-state index contributed by atoms with van der Waals surface area (Å²) in [6, 6.07) is 9.99. The summed E-state index contributed by atoms with van der Waals surface area (Å²) in [5.41, 5.74) is 0.365. The maximum absolute atomic E-state index is 11.9. The molecule has 0 heterocycles. The zero-order chi connectivity index (χ0) is 15.4. The Morgan fingerprint density at radius 2 is 1.81 bits per heavy atom. The molecule has 2 aromatic carbocycles. The van der Waals surface area contributed by atoms with E-state index in [1.165, 1.54) is 0 Å². The van der Waals surface area contributed by atoms with Gasteiger partial charge in [0.05, 0.1) is 20.2 Å². The maximum Gasteiger partial charge on any atom is 0.262 e. The number of para-hydroxylation sites is 1. The lowest BCUT2D eigenvalue weighted by atomic mass is 10.3. The van der Waals surface area contributed by atoms with Crippen molar-refractivity contribution in [2.75, 3.05) is 11.9 Å². The molecule has 0 atom stereocenters. The molecule has 0 spiro atoms. The molecule has 1 N–H and O–H groups in total. The number of halogens is 4. The summed E-state index contributed by atoms with van der Waals surface area (Å²) in [6.45, 7) is -0.179. The third-order valence-electron chi connectivity index (χ3n) is 2.48. The van der Waals surface area contributed by atoms with Crippen molar-refractivity contribution in [3.05, 3.63) is 55.9 Å². The highest BCUT2D eigenvalue weighted by Gasteiger charge is 2.11. The SMILES string of the molecule is O=C(COc1ccc(Cl)cc1Br)Nc1c(Cl)cccc1Cl. The van der Waals surface area contributed by atoms with Crippen LogP contribution in [0.4, 0.5) is 5.69 Å². The summed E-state index contributed by atoms with van der Waals surface area (Å²) in [4.78, 5) is 11.9. The fourth-order valence-corrected chi connectivity index (χ4v) is 2.82. The minimum atomic E-state index is -0.369. The number of hydrogen-bond acceptors (Lipinski definition) is 2. The molecule has 21 heavy (non-hydrogen) atoms. The van der Waals surface area contributed by atoms with Crippen LogP contribution in [0.15, 0.2) is 40.9 Å². The Labute approximate surface area is 145 Å². The second-order valence-electron chi connectivity index (χ2n) is 4.01. The van der Waals surface area contributed by atoms with Gasteiger partial charge in [-0.05, 0) is 46.3 Å². The van der Waals surface area contributed by atoms with Gasteiger partial charge >= 0.3 is 0 Å². The lowest BCUT2D eigenvalue weighted by molar-refractivity contribution is -0.118. The monoisotopic (exact) mass is 407 g/mol. The Kier molecular flexibility index (Phi) is 5.76. The van der Waals surface area contributed by atoms with Gasteiger partial charge < -0.3 is 10.1 Å². The molecule has 110 valence electrons. The summed E-state index contributed by atoms with van der Waals surface area (Å²) in [5.74, 6) is 0.145. The number of carbonyl (C=O) groups excluding carboxylic acids is 1. The minimum absolute atomic E-state index is 0.179. The molecule has 2 rings (SSSR count). The van der Waals surface area contributed by atoms with Gasteiger partial charge in [0.1, 0.15) is 5.75 Å². The molecule has 2 aromatic rings. The van der Waals surface area contributed by atoms with E-state index in [-0.39, 0.29) is 12.5 Å². The molecule has 0 aromatic heterocycles. The van der Waals surface area contributed by atoms with E-state index in [0.717, 1.165) is 0 Å². The van der Waals surface area contributed by atoms with Gasteiger partial charge in [-0.1, -0.05) is 40.9 Å². The van der Waals surface area contributed by atoms with Crippen LogP contribution in [0.5, 0.6) is 5.75 Å². The lowest BCUT2D eigenvalue weighted by Gasteiger charge is -2.11. The number of carbonyl (C=O) groups is 1. The van der Waals surface area contributed by atoms with Crippen LogP contribution in [0.1, 0.15) is 0 Å². The van der Waals surface area contributed by atoms with E-state index >= 15 is 0 Å². The predicted molar refractivity (Wildman–Crippen MR) is 89.7 cm³/mol. The van der Waals surface area contributed by atoms with E-state index in [1.54, 1.807) is 36.4 Å². The second-order valence-corrected chi connectivity index (χ2v) is 6.11. The number of benzene rings is 2. The molecule has 0 unspecified atom stereocenters. The average molecular weight is 409 g/mol. The largest absolute Gasteiger partial charge is 0.483 e. The summed E-state index contributed by atoms with van der Waals surface area (Å²) < 4.78 is 6.07. The fraction of sp³-hybridized carbons (Fsp3) is 0.0714. The highest BCUT2D eigenvalue weighted by Crippen LogP contribution is 2.30. The summed E-state index contributed by atoms with van der Waals surface area (Å²) >= 11 is 21.1. The summed E-state index contributed by atoms with van der Waals surface area (Å²) in [7, 11) is 0. The number of nitrogens with one attached hydrogen (secondary N) is 1. The Hall–Kier alpha value is -0.940. The molecular formula is C14H9BrCl3NO2. The first-order chi connectivity index (χ1) is 9.97. The first kappa shape index (κ1) is 16.4. The highest BCUT2D eigenvalue weighted by molar-refractivity contribution is 9.10. The minimum Gasteiger partial charge on any atom is -0.483 e. The van der Waals surface area contributed by atoms with Crippen LogP contribution >= 0.6 is 50.7 Å². The molecule has 0 saturated heterocycles. The van der Waals surface area contributed by atoms with Crippen LogP contribution in [0.3, 0.4) is 0 Å². The molecule has 7 heteroatoms. The van der Waals surface area contributed by atoms with E-state index in [4.69, 9.17) is 39.5 Å². The molecule has 0 aliphatic heterocycles. The van der Waals surface area contributed by atoms with Crippen molar-refractivity contribution in [1.29, 1.82) is 0 Å². The summed E-state index contributed by atoms with van der Waals surface area (Å²) in [6.07, 6.45) is 0. The Balaban J connectivity index is 1.99. The van der Waals surface area contributed by atoms with Gasteiger partial charge in [-0.15, -0.1) is 0 Å². The van der Waals surface area contributed by atoms with Gasteiger partial charge in [0, 0.05) is 5.02 Å². The zero-order valence-corrected chi connectivity index (χ0v) is 14.4. The smallest absolute Gasteiger partial charge is 0.262 e. The maximum atomic E-state index is 11.9. The molecule has 0 bridgehead atoms. The van der Waals surface area contributed by atoms with Crippen molar-refractivity contribution in [3.8, 4) is 5.75 Å². The van der Waals surface area contributed by atoms with Gasteiger partial charge in [0.2, 0.25) is 0 Å². The van der Waals surface area contributed by atoms with Crippen LogP contribution in [0, 0.1) is 0 Å². The van der Waals surface area contributed by atoms with Gasteiger partial charge in [-0.25, -0.2) is 0 Å². The van der Waals surface area contributed by atoms with Crippen LogP contribution in [-0.2, 0) is 4.79 Å². The van der Waals surface area contributed by atoms with Gasteiger partial charge in [0.25, 0.3) is 5.91 Å². The number of ether oxygens (including phenoxy) is 1. The van der Waals surface area contributed by atoms with Crippen molar-refractivity contribution in [2.24, 2.45) is 0 Å². The molecule has 0 radical (unpaired) electrons. The van der Waals surface area contributed by atoms with Gasteiger partial charge in [-0.2, -0.15) is 0 Å². The Morgan fingerprint density at radius 3 is 2.43 bits per heavy atom. The lowest BCUT2D eigenvalue weighted by Crippen LogP contribution is -2.20. The Morgan fingerprint density at radius 1 is 1.14 bits per heavy atom. The molecule has 0 fully saturated rings. The molecule has 0 aliphatic rings. The quantitative estimate of drug-likeness (QED) is 0.732. The summed E-state index contributed by atoms with van der Waals surface area (Å²) in [5, 5.41) is 3.91. The molecule has 0 saturated carbocycles. The van der Waals surface area contributed by atoms with Crippen molar-refractivity contribution in [2.45, 2.75) is 0 Å². The predicted octanol–water partition coefficient (Wildman–Crippen LogP) is 5.43. The van der Waals surface area contributed by atoms with Gasteiger partial charge in [0.15, 0.2) is 6.61 Å². The zero-order valence-electron chi connectivity index (χ0n) is 10.5. The topological polar surface area (TPSA) is 38.3 Å². The third-order valence-corrected chi connectivity index (χ3v) is 3.96. The highest BCUT2D eigenvalue weighted by atomic mass is 79.9. The fourth-order valence-electron chi connectivity index (χ4n) is 1.53. The second kappa shape index (κ2) is 7.36. The van der Waals surface area contributed by atoms with Crippen LogP contribution in [0.25, 0.3) is 0 Å². The van der Waals surface area contributed by atoms with Crippen molar-refractivity contribution < 1.29 is 9.53 Å². The normalized spacial score (nSPS) is 10.3. The van der Waals surface area contributed by atoms with Crippen LogP contribution < -0.4 is 10.1 Å². The number of rotatable bonds is 4. The van der Waals surface area contributed by atoms with E-state index in [9.17, 15) is 4.79 Å². The first-order valence-corrected chi connectivity index (χ1v) is 7.72.